The molecule has 0 aromatic rings. The highest BCUT2D eigenvalue weighted by atomic mass is 35.5. The molecule has 2 fully saturated rings. The van der Waals surface area contributed by atoms with Gasteiger partial charge < -0.3 is 4.90 Å². The van der Waals surface area contributed by atoms with Crippen LogP contribution in [0, 0.1) is 11.8 Å². The lowest BCUT2D eigenvalue weighted by Crippen LogP contribution is -2.28. The SMILES string of the molecule is CSS[C@@H]1CCN(CC#CCN2CCCC2)C1=O.Cl. The van der Waals surface area contributed by atoms with Gasteiger partial charge in [0, 0.05) is 6.54 Å². The largest absolute Gasteiger partial charge is 0.331 e. The maximum atomic E-state index is 12.0. The van der Waals surface area contributed by atoms with Crippen LogP contribution in [0.2, 0.25) is 0 Å². The third-order valence-corrected chi connectivity index (χ3v) is 5.49. The van der Waals surface area contributed by atoms with Crippen molar-refractivity contribution in [2.45, 2.75) is 24.5 Å². The van der Waals surface area contributed by atoms with Gasteiger partial charge in [-0.15, -0.1) is 12.4 Å². The van der Waals surface area contributed by atoms with Crippen LogP contribution < -0.4 is 0 Å². The summed E-state index contributed by atoms with van der Waals surface area (Å²) in [5.74, 6) is 6.60. The molecule has 0 aliphatic carbocycles. The second kappa shape index (κ2) is 9.02. The number of amides is 1. The molecule has 19 heavy (non-hydrogen) atoms. The molecule has 0 saturated carbocycles. The normalized spacial score (nSPS) is 23.1. The number of carbonyl (C=O) groups is 1. The lowest BCUT2D eigenvalue weighted by molar-refractivity contribution is -0.126. The lowest BCUT2D eigenvalue weighted by atomic mass is 10.4. The van der Waals surface area contributed by atoms with Gasteiger partial charge in [0.2, 0.25) is 5.91 Å². The molecule has 2 heterocycles. The Balaban J connectivity index is 0.00000180. The number of halogens is 1. The topological polar surface area (TPSA) is 23.6 Å². The highest BCUT2D eigenvalue weighted by Gasteiger charge is 2.31. The van der Waals surface area contributed by atoms with Crippen molar-refractivity contribution in [1.29, 1.82) is 0 Å². The summed E-state index contributed by atoms with van der Waals surface area (Å²) in [4.78, 5) is 16.2. The fourth-order valence-corrected chi connectivity index (χ4v) is 4.23. The van der Waals surface area contributed by atoms with Gasteiger partial charge in [-0.05, 0) is 38.6 Å². The smallest absolute Gasteiger partial charge is 0.237 e. The quantitative estimate of drug-likeness (QED) is 0.585. The van der Waals surface area contributed by atoms with E-state index in [1.807, 2.05) is 11.2 Å². The van der Waals surface area contributed by atoms with Crippen molar-refractivity contribution in [2.24, 2.45) is 0 Å². The number of rotatable bonds is 4. The Morgan fingerprint density at radius 1 is 1.21 bits per heavy atom. The van der Waals surface area contributed by atoms with Gasteiger partial charge in [0.15, 0.2) is 0 Å². The molecule has 3 nitrogen and oxygen atoms in total. The molecule has 0 bridgehead atoms. The molecule has 2 aliphatic rings. The Bertz CT molecular complexity index is 350. The van der Waals surface area contributed by atoms with Crippen LogP contribution in [0.5, 0.6) is 0 Å². The first-order valence-corrected chi connectivity index (χ1v) is 9.09. The van der Waals surface area contributed by atoms with Crippen LogP contribution in [-0.2, 0) is 4.79 Å². The molecule has 0 spiro atoms. The zero-order valence-corrected chi connectivity index (χ0v) is 13.7. The van der Waals surface area contributed by atoms with Gasteiger partial charge in [0.25, 0.3) is 0 Å². The van der Waals surface area contributed by atoms with E-state index in [1.54, 1.807) is 21.6 Å². The molecule has 0 aromatic carbocycles. The van der Waals surface area contributed by atoms with Gasteiger partial charge in [0.1, 0.15) is 0 Å². The van der Waals surface area contributed by atoms with Gasteiger partial charge in [-0.25, -0.2) is 0 Å². The van der Waals surface area contributed by atoms with Gasteiger partial charge >= 0.3 is 0 Å². The van der Waals surface area contributed by atoms with Crippen LogP contribution in [0.4, 0.5) is 0 Å². The summed E-state index contributed by atoms with van der Waals surface area (Å²) in [6, 6.07) is 0. The number of hydrogen-bond donors (Lipinski definition) is 0. The number of likely N-dealkylation sites (tertiary alicyclic amines) is 2. The molecule has 2 saturated heterocycles. The minimum Gasteiger partial charge on any atom is -0.331 e. The van der Waals surface area contributed by atoms with Gasteiger partial charge in [0.05, 0.1) is 18.3 Å². The third-order valence-electron chi connectivity index (χ3n) is 3.36. The summed E-state index contributed by atoms with van der Waals surface area (Å²) >= 11 is 0. The molecule has 0 N–H and O–H groups in total. The monoisotopic (exact) mass is 320 g/mol. The first-order chi connectivity index (χ1) is 8.81. The summed E-state index contributed by atoms with van der Waals surface area (Å²) in [5, 5.41) is 0.153. The molecular weight excluding hydrogens is 300 g/mol. The van der Waals surface area contributed by atoms with Crippen molar-refractivity contribution in [3.05, 3.63) is 0 Å². The fraction of sp³-hybridized carbons (Fsp3) is 0.769. The third kappa shape index (κ3) is 5.11. The van der Waals surface area contributed by atoms with E-state index in [9.17, 15) is 4.79 Å². The number of nitrogens with zero attached hydrogens (tertiary/aromatic N) is 2. The van der Waals surface area contributed by atoms with Gasteiger partial charge in [-0.2, -0.15) is 0 Å². The van der Waals surface area contributed by atoms with E-state index in [1.165, 1.54) is 25.9 Å². The zero-order chi connectivity index (χ0) is 12.8. The Hall–Kier alpha value is -0.0200. The van der Waals surface area contributed by atoms with E-state index in [-0.39, 0.29) is 23.6 Å². The van der Waals surface area contributed by atoms with Crippen LogP contribution >= 0.6 is 34.0 Å². The number of carbonyl (C=O) groups excluding carboxylic acids is 1. The lowest BCUT2D eigenvalue weighted by Gasteiger charge is -2.12. The van der Waals surface area contributed by atoms with E-state index in [2.05, 4.69) is 16.7 Å². The summed E-state index contributed by atoms with van der Waals surface area (Å²) in [6.07, 6.45) is 5.61. The second-order valence-electron chi connectivity index (χ2n) is 4.64. The molecule has 0 radical (unpaired) electrons. The second-order valence-corrected chi connectivity index (χ2v) is 7.31. The molecule has 1 amide bonds. The molecule has 1 atom stereocenters. The molecular formula is C13H21ClN2OS2. The predicted molar refractivity (Wildman–Crippen MR) is 86.8 cm³/mol. The highest BCUT2D eigenvalue weighted by molar-refractivity contribution is 8.76. The summed E-state index contributed by atoms with van der Waals surface area (Å²) in [6.45, 7) is 4.71. The zero-order valence-electron chi connectivity index (χ0n) is 11.3. The van der Waals surface area contributed by atoms with Crippen LogP contribution in [-0.4, -0.2) is 59.9 Å². The van der Waals surface area contributed by atoms with Crippen molar-refractivity contribution in [3.63, 3.8) is 0 Å². The number of hydrogen-bond acceptors (Lipinski definition) is 4. The Labute approximate surface area is 130 Å². The predicted octanol–water partition coefficient (Wildman–Crippen LogP) is 2.12. The molecule has 0 unspecified atom stereocenters. The van der Waals surface area contributed by atoms with E-state index in [0.29, 0.717) is 6.54 Å². The molecule has 6 heteroatoms. The highest BCUT2D eigenvalue weighted by Crippen LogP contribution is 2.31. The van der Waals surface area contributed by atoms with E-state index in [4.69, 9.17) is 0 Å². The average molecular weight is 321 g/mol. The standard InChI is InChI=1S/C13H20N2OS2.ClH/c1-17-18-12-6-11-15(13(12)16)10-5-4-9-14-7-2-3-8-14;/h12H,2-3,6-11H2,1H3;1H/t12-;/m1./s1. The van der Waals surface area contributed by atoms with Gasteiger partial charge in [-0.1, -0.05) is 33.4 Å². The average Bonchev–Trinajstić information content (AvgIpc) is 2.98. The fourth-order valence-electron chi connectivity index (χ4n) is 2.33. The maximum absolute atomic E-state index is 12.0. The van der Waals surface area contributed by atoms with Crippen LogP contribution in [0.3, 0.4) is 0 Å². The van der Waals surface area contributed by atoms with E-state index >= 15 is 0 Å². The molecule has 2 aliphatic heterocycles. The molecule has 2 rings (SSSR count). The first-order valence-electron chi connectivity index (χ1n) is 6.47. The summed E-state index contributed by atoms with van der Waals surface area (Å²) in [5.41, 5.74) is 0. The van der Waals surface area contributed by atoms with Crippen molar-refractivity contribution >= 4 is 39.9 Å². The Morgan fingerprint density at radius 2 is 1.89 bits per heavy atom. The van der Waals surface area contributed by atoms with Crippen LogP contribution in [0.1, 0.15) is 19.3 Å². The van der Waals surface area contributed by atoms with Crippen molar-refractivity contribution in [1.82, 2.24) is 9.80 Å². The molecule has 108 valence electrons. The van der Waals surface area contributed by atoms with Gasteiger partial charge in [-0.3, -0.25) is 9.69 Å². The molecule has 0 aromatic heterocycles. The van der Waals surface area contributed by atoms with E-state index < -0.39 is 0 Å². The van der Waals surface area contributed by atoms with Crippen molar-refractivity contribution in [3.8, 4) is 11.8 Å². The minimum atomic E-state index is 0. The van der Waals surface area contributed by atoms with Crippen molar-refractivity contribution < 1.29 is 4.79 Å². The maximum Gasteiger partial charge on any atom is 0.237 e. The van der Waals surface area contributed by atoms with Crippen LogP contribution in [0.15, 0.2) is 0 Å². The van der Waals surface area contributed by atoms with Crippen LogP contribution in [0.25, 0.3) is 0 Å². The first kappa shape index (κ1) is 17.0. The summed E-state index contributed by atoms with van der Waals surface area (Å²) < 4.78 is 0. The Kier molecular flexibility index (Phi) is 8.08. The Morgan fingerprint density at radius 3 is 2.58 bits per heavy atom. The van der Waals surface area contributed by atoms with Crippen molar-refractivity contribution in [2.75, 3.05) is 39.0 Å². The van der Waals surface area contributed by atoms with E-state index in [0.717, 1.165) is 19.5 Å². The minimum absolute atomic E-state index is 0. The summed E-state index contributed by atoms with van der Waals surface area (Å²) in [7, 11) is 3.36.